The van der Waals surface area contributed by atoms with Crippen LogP contribution < -0.4 is 0 Å². The van der Waals surface area contributed by atoms with Gasteiger partial charge in [-0.25, -0.2) is 4.98 Å². The highest BCUT2D eigenvalue weighted by Crippen LogP contribution is 2.28. The Morgan fingerprint density at radius 3 is 2.40 bits per heavy atom. The zero-order valence-corrected chi connectivity index (χ0v) is 14.9. The van der Waals surface area contributed by atoms with Gasteiger partial charge in [0, 0.05) is 31.6 Å². The van der Waals surface area contributed by atoms with Crippen LogP contribution in [0.25, 0.3) is 9.88 Å². The maximum absolute atomic E-state index is 12.6. The highest BCUT2D eigenvalue weighted by Gasteiger charge is 2.27. The van der Waals surface area contributed by atoms with Crippen molar-refractivity contribution in [2.24, 2.45) is 0 Å². The van der Waals surface area contributed by atoms with Crippen LogP contribution in [0.4, 0.5) is 0 Å². The van der Waals surface area contributed by atoms with Crippen LogP contribution in [-0.2, 0) is 0 Å². The third kappa shape index (κ3) is 3.22. The summed E-state index contributed by atoms with van der Waals surface area (Å²) in [5.74, 6) is 0.120. The number of piperazine rings is 1. The van der Waals surface area contributed by atoms with Crippen LogP contribution in [0, 0.1) is 0 Å². The first-order valence-corrected chi connectivity index (χ1v) is 9.60. The molecule has 1 aliphatic heterocycles. The largest absolute Gasteiger partial charge is 0.459 e. The highest BCUT2D eigenvalue weighted by molar-refractivity contribution is 7.20. The molecule has 6 nitrogen and oxygen atoms in total. The molecule has 0 radical (unpaired) electrons. The SMILES string of the molecule is O=C(c1csc(-c2cccs2)n1)N1CCN(C(=O)c2ccco2)CC1. The molecule has 8 heteroatoms. The summed E-state index contributed by atoms with van der Waals surface area (Å²) in [5.41, 5.74) is 0.471. The number of carbonyl (C=O) groups is 2. The molecule has 1 aliphatic rings. The number of thiophene rings is 1. The van der Waals surface area contributed by atoms with Crippen molar-refractivity contribution in [3.05, 3.63) is 52.7 Å². The standard InChI is InChI=1S/C17H15N3O3S2/c21-16(12-11-25-15(18-12)14-4-2-10-24-14)19-5-7-20(8-6-19)17(22)13-3-1-9-23-13/h1-4,9-11H,5-8H2. The number of hydrogen-bond acceptors (Lipinski definition) is 6. The maximum atomic E-state index is 12.6. The Labute approximate surface area is 152 Å². The number of nitrogens with zero attached hydrogens (tertiary/aromatic N) is 3. The Balaban J connectivity index is 1.39. The van der Waals surface area contributed by atoms with Gasteiger partial charge in [-0.1, -0.05) is 6.07 Å². The second-order valence-corrected chi connectivity index (χ2v) is 7.38. The molecule has 4 heterocycles. The van der Waals surface area contributed by atoms with Crippen molar-refractivity contribution >= 4 is 34.5 Å². The molecule has 0 unspecified atom stereocenters. The lowest BCUT2D eigenvalue weighted by atomic mass is 10.2. The predicted octanol–water partition coefficient (Wildman–Crippen LogP) is 3.06. The van der Waals surface area contributed by atoms with Gasteiger partial charge < -0.3 is 14.2 Å². The highest BCUT2D eigenvalue weighted by atomic mass is 32.1. The van der Waals surface area contributed by atoms with Gasteiger partial charge in [0.05, 0.1) is 11.1 Å². The lowest BCUT2D eigenvalue weighted by Crippen LogP contribution is -2.50. The minimum absolute atomic E-state index is 0.0795. The van der Waals surface area contributed by atoms with E-state index in [2.05, 4.69) is 4.98 Å². The molecule has 4 rings (SSSR count). The van der Waals surface area contributed by atoms with Crippen LogP contribution in [0.3, 0.4) is 0 Å². The lowest BCUT2D eigenvalue weighted by Gasteiger charge is -2.34. The van der Waals surface area contributed by atoms with Crippen LogP contribution >= 0.6 is 22.7 Å². The van der Waals surface area contributed by atoms with Crippen LogP contribution in [0.15, 0.2) is 45.7 Å². The normalized spacial score (nSPS) is 14.7. The molecule has 1 saturated heterocycles. The molecule has 0 bridgehead atoms. The lowest BCUT2D eigenvalue weighted by molar-refractivity contribution is 0.0515. The summed E-state index contributed by atoms with van der Waals surface area (Å²) >= 11 is 3.09. The van der Waals surface area contributed by atoms with Crippen LogP contribution in [0.5, 0.6) is 0 Å². The summed E-state index contributed by atoms with van der Waals surface area (Å²) in [5, 5.41) is 4.66. The zero-order chi connectivity index (χ0) is 17.2. The van der Waals surface area contributed by atoms with Crippen molar-refractivity contribution in [1.29, 1.82) is 0 Å². The third-order valence-corrected chi connectivity index (χ3v) is 5.92. The van der Waals surface area contributed by atoms with E-state index in [0.29, 0.717) is 37.6 Å². The quantitative estimate of drug-likeness (QED) is 0.708. The Kier molecular flexibility index (Phi) is 4.37. The van der Waals surface area contributed by atoms with E-state index in [1.54, 1.807) is 38.6 Å². The van der Waals surface area contributed by atoms with E-state index in [1.807, 2.05) is 17.5 Å². The summed E-state index contributed by atoms with van der Waals surface area (Å²) in [7, 11) is 0. The van der Waals surface area contributed by atoms with Crippen molar-refractivity contribution < 1.29 is 14.0 Å². The third-order valence-electron chi connectivity index (χ3n) is 4.04. The molecule has 0 atom stereocenters. The van der Waals surface area contributed by atoms with E-state index >= 15 is 0 Å². The Hall–Kier alpha value is -2.45. The number of hydrogen-bond donors (Lipinski definition) is 0. The van der Waals surface area contributed by atoms with Crippen molar-refractivity contribution in [2.75, 3.05) is 26.2 Å². The van der Waals surface area contributed by atoms with E-state index < -0.39 is 0 Å². The first-order chi connectivity index (χ1) is 12.2. The summed E-state index contributed by atoms with van der Waals surface area (Å²) in [6, 6.07) is 7.32. The van der Waals surface area contributed by atoms with Crippen molar-refractivity contribution in [3.8, 4) is 9.88 Å². The second-order valence-electron chi connectivity index (χ2n) is 5.58. The molecule has 0 N–H and O–H groups in total. The molecule has 25 heavy (non-hydrogen) atoms. The van der Waals surface area contributed by atoms with E-state index in [0.717, 1.165) is 9.88 Å². The summed E-state index contributed by atoms with van der Waals surface area (Å²) in [6.45, 7) is 1.98. The van der Waals surface area contributed by atoms with E-state index in [-0.39, 0.29) is 11.8 Å². The van der Waals surface area contributed by atoms with Gasteiger partial charge in [0.15, 0.2) is 5.76 Å². The molecule has 0 aromatic carbocycles. The van der Waals surface area contributed by atoms with Crippen LogP contribution in [-0.4, -0.2) is 52.8 Å². The van der Waals surface area contributed by atoms with Crippen LogP contribution in [0.2, 0.25) is 0 Å². The van der Waals surface area contributed by atoms with Gasteiger partial charge in [-0.3, -0.25) is 9.59 Å². The number of thiazole rings is 1. The Bertz CT molecular complexity index is 863. The van der Waals surface area contributed by atoms with Crippen molar-refractivity contribution in [1.82, 2.24) is 14.8 Å². The smallest absolute Gasteiger partial charge is 0.289 e. The number of aromatic nitrogens is 1. The Morgan fingerprint density at radius 1 is 1.00 bits per heavy atom. The molecule has 3 aromatic rings. The summed E-state index contributed by atoms with van der Waals surface area (Å²) in [4.78, 5) is 33.9. The fourth-order valence-corrected chi connectivity index (χ4v) is 4.32. The first-order valence-electron chi connectivity index (χ1n) is 7.84. The average molecular weight is 373 g/mol. The van der Waals surface area contributed by atoms with Gasteiger partial charge in [-0.2, -0.15) is 0 Å². The van der Waals surface area contributed by atoms with Gasteiger partial charge in [0.25, 0.3) is 11.8 Å². The van der Waals surface area contributed by atoms with Gasteiger partial charge >= 0.3 is 0 Å². The zero-order valence-electron chi connectivity index (χ0n) is 13.3. The summed E-state index contributed by atoms with van der Waals surface area (Å²) in [6.07, 6.45) is 1.49. The van der Waals surface area contributed by atoms with Crippen molar-refractivity contribution in [2.45, 2.75) is 0 Å². The molecule has 0 spiro atoms. The maximum Gasteiger partial charge on any atom is 0.289 e. The monoisotopic (exact) mass is 373 g/mol. The molecule has 2 amide bonds. The van der Waals surface area contributed by atoms with Crippen molar-refractivity contribution in [3.63, 3.8) is 0 Å². The minimum Gasteiger partial charge on any atom is -0.459 e. The minimum atomic E-state index is -0.134. The second kappa shape index (κ2) is 6.81. The molecule has 128 valence electrons. The molecule has 1 fully saturated rings. The number of amides is 2. The van der Waals surface area contributed by atoms with E-state index in [4.69, 9.17) is 4.42 Å². The van der Waals surface area contributed by atoms with Gasteiger partial charge in [0.2, 0.25) is 0 Å². The van der Waals surface area contributed by atoms with Crippen LogP contribution in [0.1, 0.15) is 21.0 Å². The predicted molar refractivity (Wildman–Crippen MR) is 95.9 cm³/mol. The summed E-state index contributed by atoms with van der Waals surface area (Å²) < 4.78 is 5.15. The molecular weight excluding hydrogens is 358 g/mol. The molecule has 3 aromatic heterocycles. The molecule has 0 aliphatic carbocycles. The van der Waals surface area contributed by atoms with E-state index in [9.17, 15) is 9.59 Å². The van der Waals surface area contributed by atoms with E-state index in [1.165, 1.54) is 17.6 Å². The fourth-order valence-electron chi connectivity index (χ4n) is 2.72. The number of furan rings is 1. The number of carbonyl (C=O) groups excluding carboxylic acids is 2. The molecular formula is C17H15N3O3S2. The number of rotatable bonds is 3. The van der Waals surface area contributed by atoms with Gasteiger partial charge in [-0.05, 0) is 23.6 Å². The fraction of sp³-hybridized carbons (Fsp3) is 0.235. The average Bonchev–Trinajstić information content (AvgIpc) is 3.42. The topological polar surface area (TPSA) is 66.7 Å². The van der Waals surface area contributed by atoms with Gasteiger partial charge in [0.1, 0.15) is 10.7 Å². The van der Waals surface area contributed by atoms with Gasteiger partial charge in [-0.15, -0.1) is 22.7 Å². The first kappa shape index (κ1) is 16.0. The Morgan fingerprint density at radius 2 is 1.76 bits per heavy atom. The molecule has 0 saturated carbocycles.